The van der Waals surface area contributed by atoms with Crippen molar-refractivity contribution in [3.8, 4) is 0 Å². The van der Waals surface area contributed by atoms with Crippen LogP contribution in [0.1, 0.15) is 0 Å². The van der Waals surface area contributed by atoms with E-state index >= 15 is 0 Å². The second kappa shape index (κ2) is 5.07. The Morgan fingerprint density at radius 3 is 1.40 bits per heavy atom. The molecule has 0 saturated carbocycles. The van der Waals surface area contributed by atoms with E-state index in [2.05, 4.69) is 0 Å². The first kappa shape index (κ1) is 9.42. The van der Waals surface area contributed by atoms with Crippen LogP contribution < -0.4 is 0 Å². The zero-order valence-electron chi connectivity index (χ0n) is 2.51. The summed E-state index contributed by atoms with van der Waals surface area (Å²) in [6, 6.07) is 0. The maximum atomic E-state index is 8.74. The zero-order chi connectivity index (χ0) is 3.58. The van der Waals surface area contributed by atoms with E-state index in [-0.39, 0.29) is 27.3 Å². The van der Waals surface area contributed by atoms with Crippen LogP contribution in [-0.4, -0.2) is 9.79 Å². The molecule has 0 aliphatic rings. The second-order valence-corrected chi connectivity index (χ2v) is 0.848. The average molecular weight is 194 g/mol. The van der Waals surface area contributed by atoms with E-state index in [9.17, 15) is 0 Å². The van der Waals surface area contributed by atoms with Crippen molar-refractivity contribution in [1.29, 1.82) is 0 Å². The number of hydrogen-bond donors (Lipinski definition) is 2. The molecule has 3 nitrogen and oxygen atoms in total. The van der Waals surface area contributed by atoms with Gasteiger partial charge in [0.2, 0.25) is 0 Å². The van der Waals surface area contributed by atoms with Crippen LogP contribution in [0.3, 0.4) is 0 Å². The van der Waals surface area contributed by atoms with Gasteiger partial charge in [0.15, 0.2) is 0 Å². The van der Waals surface area contributed by atoms with Gasteiger partial charge in [-0.2, -0.15) is 0 Å². The molecule has 0 spiro atoms. The second-order valence-electron chi connectivity index (χ2n) is 0.283. The van der Waals surface area contributed by atoms with Crippen molar-refractivity contribution in [2.45, 2.75) is 0 Å². The molecule has 0 aromatic carbocycles. The van der Waals surface area contributed by atoms with Crippen molar-refractivity contribution >= 4 is 8.25 Å². The fourth-order valence-corrected chi connectivity index (χ4v) is 0. The topological polar surface area (TPSA) is 57.5 Å². The van der Waals surface area contributed by atoms with Crippen LogP contribution in [-0.2, 0) is 31.9 Å². The summed E-state index contributed by atoms with van der Waals surface area (Å²) in [5.41, 5.74) is 0. The summed E-state index contributed by atoms with van der Waals surface area (Å²) in [5, 5.41) is 0. The monoisotopic (exact) mass is 196 g/mol. The van der Waals surface area contributed by atoms with Gasteiger partial charge in [0.1, 0.15) is 0 Å². The number of rotatable bonds is 0. The maximum Gasteiger partial charge on any atom is 0.314 e. The predicted molar refractivity (Wildman–Crippen MR) is 13.4 cm³/mol. The zero-order valence-corrected chi connectivity index (χ0v) is 7.55. The third-order valence-corrected chi connectivity index (χ3v) is 0. The van der Waals surface area contributed by atoms with Gasteiger partial charge in [-0.1, -0.05) is 0 Å². The molecule has 5 heteroatoms. The van der Waals surface area contributed by atoms with Crippen LogP contribution in [0, 0.1) is 0 Å². The SMILES string of the molecule is O=[PH](O)O.[Cd]. The molecule has 0 atom stereocenters. The molecule has 0 aromatic heterocycles. The Kier molecular flexibility index (Phi) is 9.56. The summed E-state index contributed by atoms with van der Waals surface area (Å²) in [6.45, 7) is 0. The van der Waals surface area contributed by atoms with Crippen LogP contribution in [0.5, 0.6) is 0 Å². The summed E-state index contributed by atoms with van der Waals surface area (Å²) in [5.74, 6) is 0. The smallest absolute Gasteiger partial charge is 0.314 e. The largest absolute Gasteiger partial charge is 0.326 e. The molecule has 0 rings (SSSR count). The van der Waals surface area contributed by atoms with Gasteiger partial charge in [-0.05, 0) is 0 Å². The van der Waals surface area contributed by atoms with E-state index in [0.717, 1.165) is 0 Å². The average Bonchev–Trinajstić information content (AvgIpc) is 0.811. The van der Waals surface area contributed by atoms with E-state index in [1.807, 2.05) is 0 Å². The van der Waals surface area contributed by atoms with Gasteiger partial charge < -0.3 is 9.79 Å². The standard InChI is InChI=1S/Cd.H3O3P/c;1-4(2)3/h;4H,(H2,1,2,3). The van der Waals surface area contributed by atoms with Crippen molar-refractivity contribution in [2.24, 2.45) is 0 Å². The van der Waals surface area contributed by atoms with Crippen LogP contribution in [0.2, 0.25) is 0 Å². The Morgan fingerprint density at radius 2 is 1.40 bits per heavy atom. The summed E-state index contributed by atoms with van der Waals surface area (Å²) in [6.07, 6.45) is 0. The van der Waals surface area contributed by atoms with Gasteiger partial charge in [-0.3, -0.25) is 4.57 Å². The maximum absolute atomic E-state index is 8.74. The summed E-state index contributed by atoms with van der Waals surface area (Å²) >= 11 is 0. The van der Waals surface area contributed by atoms with Crippen LogP contribution in [0.4, 0.5) is 0 Å². The summed E-state index contributed by atoms with van der Waals surface area (Å²) < 4.78 is 8.74. The Morgan fingerprint density at radius 1 is 1.40 bits per heavy atom. The third kappa shape index (κ3) is 41.6. The minimum Gasteiger partial charge on any atom is -0.326 e. The van der Waals surface area contributed by atoms with E-state index in [1.165, 1.54) is 0 Å². The predicted octanol–water partition coefficient (Wildman–Crippen LogP) is -0.642. The molecule has 0 unspecified atom stereocenters. The van der Waals surface area contributed by atoms with Crippen LogP contribution in [0.25, 0.3) is 0 Å². The molecule has 28 valence electrons. The van der Waals surface area contributed by atoms with Gasteiger partial charge in [-0.25, -0.2) is 0 Å². The van der Waals surface area contributed by atoms with E-state index in [4.69, 9.17) is 14.4 Å². The minimum atomic E-state index is -3.13. The molecule has 0 fully saturated rings. The molecular weight excluding hydrogens is 191 g/mol. The fraction of sp³-hybridized carbons (Fsp3) is 0. The summed E-state index contributed by atoms with van der Waals surface area (Å²) in [4.78, 5) is 14.3. The molecule has 0 radical (unpaired) electrons. The molecule has 0 bridgehead atoms. The molecule has 0 heterocycles. The van der Waals surface area contributed by atoms with Gasteiger partial charge in [0, 0.05) is 27.3 Å². The van der Waals surface area contributed by atoms with Crippen LogP contribution >= 0.6 is 8.25 Å². The van der Waals surface area contributed by atoms with Crippen molar-refractivity contribution in [2.75, 3.05) is 0 Å². The van der Waals surface area contributed by atoms with Crippen molar-refractivity contribution in [3.63, 3.8) is 0 Å². The van der Waals surface area contributed by atoms with Gasteiger partial charge >= 0.3 is 8.25 Å². The Labute approximate surface area is 50.1 Å². The van der Waals surface area contributed by atoms with Crippen molar-refractivity contribution in [1.82, 2.24) is 0 Å². The minimum absolute atomic E-state index is 0. The van der Waals surface area contributed by atoms with Gasteiger partial charge in [-0.15, -0.1) is 0 Å². The van der Waals surface area contributed by atoms with Gasteiger partial charge in [0.25, 0.3) is 0 Å². The molecule has 0 aromatic rings. The van der Waals surface area contributed by atoms with Gasteiger partial charge in [0.05, 0.1) is 0 Å². The van der Waals surface area contributed by atoms with Crippen molar-refractivity contribution < 1.29 is 41.7 Å². The molecule has 0 amide bonds. The van der Waals surface area contributed by atoms with Crippen LogP contribution in [0.15, 0.2) is 0 Å². The van der Waals surface area contributed by atoms with E-state index in [0.29, 0.717) is 0 Å². The molecule has 0 aliphatic heterocycles. The van der Waals surface area contributed by atoms with E-state index < -0.39 is 8.25 Å². The van der Waals surface area contributed by atoms with E-state index in [1.54, 1.807) is 0 Å². The first-order valence-electron chi connectivity index (χ1n) is 0.651. The fourth-order valence-electron chi connectivity index (χ4n) is 0. The number of hydrogen-bond acceptors (Lipinski definition) is 1. The Balaban J connectivity index is 0. The Bertz CT molecular complexity index is 29.9. The third-order valence-electron chi connectivity index (χ3n) is 0. The van der Waals surface area contributed by atoms with Crippen molar-refractivity contribution in [3.05, 3.63) is 0 Å². The first-order valence-corrected chi connectivity index (χ1v) is 1.95. The molecule has 0 aliphatic carbocycles. The molecule has 5 heavy (non-hydrogen) atoms. The molecule has 2 N–H and O–H groups in total. The first-order chi connectivity index (χ1) is 1.73. The molecular formula is H3CdO3P. The summed E-state index contributed by atoms with van der Waals surface area (Å²) in [7, 11) is -3.13. The Hall–Kier alpha value is 1.07. The quantitative estimate of drug-likeness (QED) is 0.398. The normalized spacial score (nSPS) is 7.00. The molecule has 0 saturated heterocycles.